The highest BCUT2D eigenvalue weighted by molar-refractivity contribution is 5.81. The van der Waals surface area contributed by atoms with Crippen LogP contribution in [0.4, 0.5) is 13.2 Å². The van der Waals surface area contributed by atoms with E-state index in [0.29, 0.717) is 5.90 Å². The van der Waals surface area contributed by atoms with Crippen molar-refractivity contribution < 1.29 is 17.9 Å². The molecule has 1 aromatic carbocycles. The van der Waals surface area contributed by atoms with E-state index >= 15 is 0 Å². The molecule has 0 radical (unpaired) electrons. The molecule has 0 bridgehead atoms. The van der Waals surface area contributed by atoms with Gasteiger partial charge < -0.3 is 10.5 Å². The number of ether oxygens (including phenoxy) is 1. The molecule has 21 heavy (non-hydrogen) atoms. The molecule has 0 spiro atoms. The zero-order valence-corrected chi connectivity index (χ0v) is 11.4. The smallest absolute Gasteiger partial charge is 0.416 e. The van der Waals surface area contributed by atoms with Gasteiger partial charge >= 0.3 is 6.18 Å². The molecule has 1 saturated carbocycles. The van der Waals surface area contributed by atoms with E-state index in [0.717, 1.165) is 25.3 Å². The molecule has 2 N–H and O–H groups in total. The lowest BCUT2D eigenvalue weighted by molar-refractivity contribution is -0.138. The van der Waals surface area contributed by atoms with Crippen LogP contribution in [0.2, 0.25) is 0 Å². The van der Waals surface area contributed by atoms with Crippen molar-refractivity contribution in [2.24, 2.45) is 10.7 Å². The van der Waals surface area contributed by atoms with E-state index in [4.69, 9.17) is 10.5 Å². The summed E-state index contributed by atoms with van der Waals surface area (Å²) < 4.78 is 44.6. The molecular formula is C15H17F3N2O. The molecule has 3 nitrogen and oxygen atoms in total. The van der Waals surface area contributed by atoms with E-state index in [1.807, 2.05) is 0 Å². The molecular weight excluding hydrogens is 281 g/mol. The molecule has 1 fully saturated rings. The normalized spacial score (nSPS) is 28.8. The summed E-state index contributed by atoms with van der Waals surface area (Å²) in [6.07, 6.45) is -1.89. The van der Waals surface area contributed by atoms with E-state index in [1.165, 1.54) is 12.1 Å². The van der Waals surface area contributed by atoms with Crippen LogP contribution in [0.3, 0.4) is 0 Å². The fraction of sp³-hybridized carbons (Fsp3) is 0.533. The molecule has 1 aromatic rings. The Kier molecular flexibility index (Phi) is 3.65. The quantitative estimate of drug-likeness (QED) is 0.912. The van der Waals surface area contributed by atoms with Crippen molar-refractivity contribution in [2.45, 2.75) is 50.0 Å². The fourth-order valence-corrected chi connectivity index (χ4v) is 3.01. The second-order valence-electron chi connectivity index (χ2n) is 5.65. The number of rotatable bonds is 2. The lowest BCUT2D eigenvalue weighted by atomic mass is 9.90. The molecule has 0 saturated heterocycles. The second-order valence-corrected chi connectivity index (χ2v) is 5.65. The Bertz CT molecular complexity index is 556. The first-order chi connectivity index (χ1) is 9.93. The third kappa shape index (κ3) is 3.05. The number of hydrogen-bond donors (Lipinski definition) is 1. The van der Waals surface area contributed by atoms with Gasteiger partial charge in [-0.05, 0) is 24.5 Å². The Morgan fingerprint density at radius 1 is 1.24 bits per heavy atom. The molecule has 1 aliphatic heterocycles. The summed E-state index contributed by atoms with van der Waals surface area (Å²) in [5, 5.41) is 0. The van der Waals surface area contributed by atoms with E-state index < -0.39 is 11.7 Å². The standard InChI is InChI=1S/C15H17F3N2O/c16-15(17,18)11-4-2-1-3-9(11)7-14-20-12-6-5-10(19)8-13(12)21-14/h1-4,10,12-13H,5-8,19H2. The summed E-state index contributed by atoms with van der Waals surface area (Å²) in [6.45, 7) is 0. The van der Waals surface area contributed by atoms with Gasteiger partial charge in [0.25, 0.3) is 0 Å². The van der Waals surface area contributed by atoms with Gasteiger partial charge in [0, 0.05) is 18.9 Å². The number of benzene rings is 1. The predicted molar refractivity (Wildman–Crippen MR) is 73.1 cm³/mol. The number of nitrogens with zero attached hydrogens (tertiary/aromatic N) is 1. The van der Waals surface area contributed by atoms with Crippen LogP contribution in [0.5, 0.6) is 0 Å². The summed E-state index contributed by atoms with van der Waals surface area (Å²) in [4.78, 5) is 4.43. The molecule has 3 unspecified atom stereocenters. The largest absolute Gasteiger partial charge is 0.475 e. The minimum Gasteiger partial charge on any atom is -0.475 e. The average Bonchev–Trinajstić information content (AvgIpc) is 2.79. The third-order valence-corrected chi connectivity index (χ3v) is 4.06. The highest BCUT2D eigenvalue weighted by atomic mass is 19.4. The van der Waals surface area contributed by atoms with Crippen molar-refractivity contribution in [1.29, 1.82) is 0 Å². The number of halogens is 3. The van der Waals surface area contributed by atoms with Gasteiger partial charge in [-0.2, -0.15) is 13.2 Å². The molecule has 1 heterocycles. The average molecular weight is 298 g/mol. The second kappa shape index (κ2) is 5.33. The van der Waals surface area contributed by atoms with Crippen LogP contribution in [-0.2, 0) is 17.3 Å². The van der Waals surface area contributed by atoms with E-state index in [1.54, 1.807) is 6.07 Å². The molecule has 6 heteroatoms. The van der Waals surface area contributed by atoms with Crippen molar-refractivity contribution >= 4 is 5.90 Å². The van der Waals surface area contributed by atoms with Gasteiger partial charge in [-0.15, -0.1) is 0 Å². The maximum absolute atomic E-state index is 13.0. The number of nitrogens with two attached hydrogens (primary N) is 1. The summed E-state index contributed by atoms with van der Waals surface area (Å²) >= 11 is 0. The van der Waals surface area contributed by atoms with E-state index in [-0.39, 0.29) is 30.2 Å². The van der Waals surface area contributed by atoms with Gasteiger partial charge in [-0.1, -0.05) is 18.2 Å². The van der Waals surface area contributed by atoms with Gasteiger partial charge in [-0.25, -0.2) is 4.99 Å². The van der Waals surface area contributed by atoms with Crippen molar-refractivity contribution in [2.75, 3.05) is 0 Å². The van der Waals surface area contributed by atoms with Crippen LogP contribution in [0.1, 0.15) is 30.4 Å². The minimum atomic E-state index is -4.36. The predicted octanol–water partition coefficient (Wildman–Crippen LogP) is 2.93. The Morgan fingerprint density at radius 2 is 2.00 bits per heavy atom. The molecule has 3 atom stereocenters. The number of aliphatic imine (C=N–C) groups is 1. The van der Waals surface area contributed by atoms with E-state index in [9.17, 15) is 13.2 Å². The molecule has 0 aromatic heterocycles. The first-order valence-electron chi connectivity index (χ1n) is 7.07. The van der Waals surface area contributed by atoms with Gasteiger partial charge in [-0.3, -0.25) is 0 Å². The third-order valence-electron chi connectivity index (χ3n) is 4.06. The summed E-state index contributed by atoms with van der Waals surface area (Å²) in [6, 6.07) is 5.71. The van der Waals surface area contributed by atoms with Crippen molar-refractivity contribution in [3.63, 3.8) is 0 Å². The van der Waals surface area contributed by atoms with Crippen molar-refractivity contribution in [3.05, 3.63) is 35.4 Å². The summed E-state index contributed by atoms with van der Waals surface area (Å²) in [7, 11) is 0. The van der Waals surface area contributed by atoms with Crippen molar-refractivity contribution in [3.8, 4) is 0 Å². The molecule has 1 aliphatic carbocycles. The van der Waals surface area contributed by atoms with Gasteiger partial charge in [0.05, 0.1) is 11.6 Å². The SMILES string of the molecule is NC1CCC2N=C(Cc3ccccc3C(F)(F)F)OC2C1. The number of hydrogen-bond acceptors (Lipinski definition) is 3. The Hall–Kier alpha value is -1.56. The van der Waals surface area contributed by atoms with Crippen LogP contribution in [0.15, 0.2) is 29.3 Å². The number of alkyl halides is 3. The lowest BCUT2D eigenvalue weighted by Gasteiger charge is -2.27. The van der Waals surface area contributed by atoms with Crippen LogP contribution in [0, 0.1) is 0 Å². The maximum atomic E-state index is 13.0. The van der Waals surface area contributed by atoms with Crippen LogP contribution >= 0.6 is 0 Å². The maximum Gasteiger partial charge on any atom is 0.416 e. The van der Waals surface area contributed by atoms with Gasteiger partial charge in [0.2, 0.25) is 0 Å². The number of fused-ring (bicyclic) bond motifs is 1. The Morgan fingerprint density at radius 3 is 2.76 bits per heavy atom. The highest BCUT2D eigenvalue weighted by Crippen LogP contribution is 2.34. The lowest BCUT2D eigenvalue weighted by Crippen LogP contribution is -2.38. The van der Waals surface area contributed by atoms with Gasteiger partial charge in [0.1, 0.15) is 6.10 Å². The molecule has 3 rings (SSSR count). The van der Waals surface area contributed by atoms with Crippen LogP contribution in [0.25, 0.3) is 0 Å². The highest BCUT2D eigenvalue weighted by Gasteiger charge is 2.37. The van der Waals surface area contributed by atoms with Crippen LogP contribution in [-0.4, -0.2) is 24.1 Å². The van der Waals surface area contributed by atoms with Crippen LogP contribution < -0.4 is 5.73 Å². The monoisotopic (exact) mass is 298 g/mol. The summed E-state index contributed by atoms with van der Waals surface area (Å²) in [5.74, 6) is 0.399. The summed E-state index contributed by atoms with van der Waals surface area (Å²) in [5.41, 5.74) is 5.47. The van der Waals surface area contributed by atoms with E-state index in [2.05, 4.69) is 4.99 Å². The van der Waals surface area contributed by atoms with Gasteiger partial charge in [0.15, 0.2) is 5.90 Å². The topological polar surface area (TPSA) is 47.6 Å². The first-order valence-corrected chi connectivity index (χ1v) is 7.07. The molecule has 114 valence electrons. The first kappa shape index (κ1) is 14.4. The Balaban J connectivity index is 1.77. The zero-order chi connectivity index (χ0) is 15.0. The fourth-order valence-electron chi connectivity index (χ4n) is 3.01. The van der Waals surface area contributed by atoms with Crippen molar-refractivity contribution in [1.82, 2.24) is 0 Å². The zero-order valence-electron chi connectivity index (χ0n) is 11.4. The Labute approximate surface area is 121 Å². The minimum absolute atomic E-state index is 0.0536. The molecule has 0 amide bonds. The molecule has 2 aliphatic rings.